The van der Waals surface area contributed by atoms with Gasteiger partial charge < -0.3 is 25.3 Å². The Kier molecular flexibility index (Phi) is 9.33. The molecule has 1 aliphatic rings. The molecule has 8 heteroatoms. The van der Waals surface area contributed by atoms with Gasteiger partial charge in [0.25, 0.3) is 0 Å². The van der Waals surface area contributed by atoms with E-state index < -0.39 is 0 Å². The summed E-state index contributed by atoms with van der Waals surface area (Å²) in [6, 6.07) is 2.45. The molecule has 1 fully saturated rings. The zero-order chi connectivity index (χ0) is 18.6. The molecule has 1 atom stereocenters. The standard InChI is InChI=1S/C18H30N4O4/c1-22-6-2-3-17(22)15-11-16(13-20-12-15)26-8-5-21-18(23)14-25-10-9-24-7-4-19/h11-13,17H,2-10,14,19H2,1H3,(H,21,23). The molecule has 1 aromatic rings. The molecule has 1 amide bonds. The highest BCUT2D eigenvalue weighted by atomic mass is 16.5. The fourth-order valence-electron chi connectivity index (χ4n) is 2.91. The molecule has 1 aliphatic heterocycles. The fraction of sp³-hybridized carbons (Fsp3) is 0.667. The molecular weight excluding hydrogens is 336 g/mol. The van der Waals surface area contributed by atoms with E-state index >= 15 is 0 Å². The number of hydrogen-bond donors (Lipinski definition) is 2. The SMILES string of the molecule is CN1CCCC1c1cncc(OCCNC(=O)COCCOCCN)c1. The summed E-state index contributed by atoms with van der Waals surface area (Å²) in [5, 5.41) is 2.75. The number of nitrogens with two attached hydrogens (primary N) is 1. The summed E-state index contributed by atoms with van der Waals surface area (Å²) in [6.07, 6.45) is 5.95. The first kappa shape index (κ1) is 20.6. The van der Waals surface area contributed by atoms with Crippen molar-refractivity contribution in [2.24, 2.45) is 5.73 Å². The quantitative estimate of drug-likeness (QED) is 0.515. The van der Waals surface area contributed by atoms with Gasteiger partial charge in [-0.1, -0.05) is 0 Å². The van der Waals surface area contributed by atoms with Crippen LogP contribution in [-0.4, -0.2) is 75.5 Å². The number of aromatic nitrogens is 1. The lowest BCUT2D eigenvalue weighted by Crippen LogP contribution is -2.31. The Balaban J connectivity index is 1.59. The monoisotopic (exact) mass is 366 g/mol. The Bertz CT molecular complexity index is 544. The van der Waals surface area contributed by atoms with Gasteiger partial charge in [-0.25, -0.2) is 0 Å². The van der Waals surface area contributed by atoms with E-state index in [-0.39, 0.29) is 12.5 Å². The number of hydrogen-bond acceptors (Lipinski definition) is 7. The number of ether oxygens (including phenoxy) is 3. The van der Waals surface area contributed by atoms with Gasteiger partial charge in [-0.3, -0.25) is 14.7 Å². The van der Waals surface area contributed by atoms with Crippen LogP contribution in [0.1, 0.15) is 24.4 Å². The number of likely N-dealkylation sites (tertiary alicyclic amines) is 1. The highest BCUT2D eigenvalue weighted by Crippen LogP contribution is 2.31. The summed E-state index contributed by atoms with van der Waals surface area (Å²) < 4.78 is 16.1. The second-order valence-corrected chi connectivity index (χ2v) is 6.24. The van der Waals surface area contributed by atoms with E-state index in [0.29, 0.717) is 45.6 Å². The van der Waals surface area contributed by atoms with Crippen LogP contribution in [-0.2, 0) is 14.3 Å². The van der Waals surface area contributed by atoms with Crippen molar-refractivity contribution >= 4 is 5.91 Å². The normalized spacial score (nSPS) is 17.4. The summed E-state index contributed by atoms with van der Waals surface area (Å²) >= 11 is 0. The zero-order valence-corrected chi connectivity index (χ0v) is 15.5. The molecule has 8 nitrogen and oxygen atoms in total. The Labute approximate surface area is 155 Å². The maximum atomic E-state index is 11.6. The molecule has 0 aliphatic carbocycles. The predicted molar refractivity (Wildman–Crippen MR) is 98.0 cm³/mol. The summed E-state index contributed by atoms with van der Waals surface area (Å²) in [4.78, 5) is 18.2. The van der Waals surface area contributed by atoms with Crippen LogP contribution < -0.4 is 15.8 Å². The highest BCUT2D eigenvalue weighted by molar-refractivity contribution is 5.77. The van der Waals surface area contributed by atoms with Crippen LogP contribution in [0.3, 0.4) is 0 Å². The maximum Gasteiger partial charge on any atom is 0.246 e. The fourth-order valence-corrected chi connectivity index (χ4v) is 2.91. The Morgan fingerprint density at radius 1 is 1.31 bits per heavy atom. The van der Waals surface area contributed by atoms with Crippen molar-refractivity contribution in [2.75, 3.05) is 59.7 Å². The first-order chi connectivity index (χ1) is 12.7. The van der Waals surface area contributed by atoms with Gasteiger partial charge in [0.1, 0.15) is 19.0 Å². The number of pyridine rings is 1. The minimum atomic E-state index is -0.174. The molecule has 0 spiro atoms. The van der Waals surface area contributed by atoms with Gasteiger partial charge in [-0.15, -0.1) is 0 Å². The molecule has 146 valence electrons. The number of carbonyl (C=O) groups is 1. The number of rotatable bonds is 12. The number of nitrogens with one attached hydrogen (secondary N) is 1. The van der Waals surface area contributed by atoms with Crippen molar-refractivity contribution < 1.29 is 19.0 Å². The molecule has 0 saturated carbocycles. The van der Waals surface area contributed by atoms with Crippen molar-refractivity contribution in [1.29, 1.82) is 0 Å². The second-order valence-electron chi connectivity index (χ2n) is 6.24. The van der Waals surface area contributed by atoms with Gasteiger partial charge in [0.05, 0.1) is 32.6 Å². The highest BCUT2D eigenvalue weighted by Gasteiger charge is 2.23. The average Bonchev–Trinajstić information content (AvgIpc) is 3.08. The molecule has 2 rings (SSSR count). The third kappa shape index (κ3) is 7.25. The third-order valence-electron chi connectivity index (χ3n) is 4.20. The number of nitrogens with zero attached hydrogens (tertiary/aromatic N) is 2. The van der Waals surface area contributed by atoms with Gasteiger partial charge in [-0.2, -0.15) is 0 Å². The average molecular weight is 366 g/mol. The molecule has 0 aromatic carbocycles. The van der Waals surface area contributed by atoms with E-state index in [4.69, 9.17) is 19.9 Å². The molecule has 1 aromatic heterocycles. The van der Waals surface area contributed by atoms with Crippen LogP contribution in [0.4, 0.5) is 0 Å². The first-order valence-corrected chi connectivity index (χ1v) is 9.11. The zero-order valence-electron chi connectivity index (χ0n) is 15.5. The van der Waals surface area contributed by atoms with E-state index in [2.05, 4.69) is 22.2 Å². The molecule has 3 N–H and O–H groups in total. The smallest absolute Gasteiger partial charge is 0.246 e. The second kappa shape index (κ2) is 11.8. The van der Waals surface area contributed by atoms with Crippen LogP contribution in [0.2, 0.25) is 0 Å². The molecular formula is C18H30N4O4. The largest absolute Gasteiger partial charge is 0.490 e. The summed E-state index contributed by atoms with van der Waals surface area (Å²) in [7, 11) is 2.13. The number of carbonyl (C=O) groups excluding carboxylic acids is 1. The molecule has 26 heavy (non-hydrogen) atoms. The summed E-state index contributed by atoms with van der Waals surface area (Å²) in [5.41, 5.74) is 6.48. The van der Waals surface area contributed by atoms with Crippen molar-refractivity contribution in [3.8, 4) is 5.75 Å². The molecule has 1 saturated heterocycles. The first-order valence-electron chi connectivity index (χ1n) is 9.11. The summed E-state index contributed by atoms with van der Waals surface area (Å²) in [6.45, 7) is 3.72. The van der Waals surface area contributed by atoms with E-state index in [0.717, 1.165) is 18.7 Å². The van der Waals surface area contributed by atoms with Gasteiger partial charge >= 0.3 is 0 Å². The van der Waals surface area contributed by atoms with Crippen LogP contribution in [0, 0.1) is 0 Å². The molecule has 0 bridgehead atoms. The van der Waals surface area contributed by atoms with E-state index in [9.17, 15) is 4.79 Å². The third-order valence-corrected chi connectivity index (χ3v) is 4.20. The van der Waals surface area contributed by atoms with Crippen molar-refractivity contribution in [2.45, 2.75) is 18.9 Å². The minimum Gasteiger partial charge on any atom is -0.490 e. The van der Waals surface area contributed by atoms with Crippen LogP contribution in [0.5, 0.6) is 5.75 Å². The Morgan fingerprint density at radius 2 is 2.15 bits per heavy atom. The van der Waals surface area contributed by atoms with Crippen molar-refractivity contribution in [1.82, 2.24) is 15.2 Å². The van der Waals surface area contributed by atoms with E-state index in [1.54, 1.807) is 6.20 Å². The molecule has 2 heterocycles. The lowest BCUT2D eigenvalue weighted by molar-refractivity contribution is -0.126. The maximum absolute atomic E-state index is 11.6. The molecule has 1 unspecified atom stereocenters. The predicted octanol–water partition coefficient (Wildman–Crippen LogP) is 0.335. The number of amides is 1. The van der Waals surface area contributed by atoms with Gasteiger partial charge in [0.2, 0.25) is 5.91 Å². The van der Waals surface area contributed by atoms with Crippen molar-refractivity contribution in [3.63, 3.8) is 0 Å². The lowest BCUT2D eigenvalue weighted by atomic mass is 10.1. The van der Waals surface area contributed by atoms with Gasteiger partial charge in [0, 0.05) is 18.8 Å². The lowest BCUT2D eigenvalue weighted by Gasteiger charge is -2.19. The topological polar surface area (TPSA) is 98.9 Å². The Morgan fingerprint density at radius 3 is 2.92 bits per heavy atom. The Hall–Kier alpha value is -1.74. The minimum absolute atomic E-state index is 0.0110. The van der Waals surface area contributed by atoms with Gasteiger partial charge in [0.15, 0.2) is 0 Å². The van der Waals surface area contributed by atoms with E-state index in [1.165, 1.54) is 12.0 Å². The van der Waals surface area contributed by atoms with Gasteiger partial charge in [-0.05, 0) is 38.1 Å². The molecule has 0 radical (unpaired) electrons. The van der Waals surface area contributed by atoms with Crippen molar-refractivity contribution in [3.05, 3.63) is 24.0 Å². The summed E-state index contributed by atoms with van der Waals surface area (Å²) in [5.74, 6) is 0.553. The van der Waals surface area contributed by atoms with Crippen LogP contribution in [0.25, 0.3) is 0 Å². The van der Waals surface area contributed by atoms with Crippen LogP contribution >= 0.6 is 0 Å². The van der Waals surface area contributed by atoms with E-state index in [1.807, 2.05) is 12.3 Å². The van der Waals surface area contributed by atoms with Crippen LogP contribution in [0.15, 0.2) is 18.5 Å².